The number of halogens is 1. The molecule has 0 fully saturated rings. The van der Waals surface area contributed by atoms with E-state index < -0.39 is 0 Å². The van der Waals surface area contributed by atoms with E-state index in [0.717, 1.165) is 23.2 Å². The summed E-state index contributed by atoms with van der Waals surface area (Å²) in [6.07, 6.45) is 0.805. The normalized spacial score (nSPS) is 10.2. The molecule has 0 aromatic heterocycles. The molecule has 18 heavy (non-hydrogen) atoms. The topological polar surface area (TPSA) is 29.1 Å². The predicted molar refractivity (Wildman–Crippen MR) is 76.0 cm³/mol. The van der Waals surface area contributed by atoms with E-state index in [1.54, 1.807) is 12.1 Å². The molecule has 1 N–H and O–H groups in total. The molecule has 2 aromatic carbocycles. The molecule has 0 amide bonds. The van der Waals surface area contributed by atoms with Gasteiger partial charge in [0, 0.05) is 22.0 Å². The Morgan fingerprint density at radius 3 is 2.56 bits per heavy atom. The molecular weight excluding hydrogens is 246 g/mol. The van der Waals surface area contributed by atoms with Gasteiger partial charge in [-0.1, -0.05) is 23.7 Å². The van der Waals surface area contributed by atoms with E-state index in [1.807, 2.05) is 26.0 Å². The number of hydrogen-bond donors (Lipinski definition) is 1. The number of aryl methyl sites for hydroxylation is 2. The monoisotopic (exact) mass is 259 g/mol. The average molecular weight is 260 g/mol. The van der Waals surface area contributed by atoms with Crippen molar-refractivity contribution in [3.63, 3.8) is 0 Å². The van der Waals surface area contributed by atoms with Crippen LogP contribution in [0.3, 0.4) is 0 Å². The van der Waals surface area contributed by atoms with Gasteiger partial charge in [-0.3, -0.25) is 4.79 Å². The van der Waals surface area contributed by atoms with Crippen LogP contribution < -0.4 is 5.32 Å². The molecule has 0 radical (unpaired) electrons. The Hall–Kier alpha value is -1.80. The number of carbonyl (C=O) groups excluding carboxylic acids is 1. The summed E-state index contributed by atoms with van der Waals surface area (Å²) < 4.78 is 0. The Morgan fingerprint density at radius 1 is 1.06 bits per heavy atom. The third-order valence-electron chi connectivity index (χ3n) is 2.80. The van der Waals surface area contributed by atoms with Crippen molar-refractivity contribution in [3.8, 4) is 0 Å². The van der Waals surface area contributed by atoms with Crippen LogP contribution >= 0.6 is 11.6 Å². The highest BCUT2D eigenvalue weighted by atomic mass is 35.5. The summed E-state index contributed by atoms with van der Waals surface area (Å²) in [4.78, 5) is 11.0. The molecule has 0 unspecified atom stereocenters. The number of aldehydes is 1. The van der Waals surface area contributed by atoms with Crippen molar-refractivity contribution in [2.75, 3.05) is 5.32 Å². The van der Waals surface area contributed by atoms with E-state index in [1.165, 1.54) is 5.56 Å². The van der Waals surface area contributed by atoms with Crippen LogP contribution in [-0.2, 0) is 0 Å². The predicted octanol–water partition coefficient (Wildman–Crippen LogP) is 4.51. The summed E-state index contributed by atoms with van der Waals surface area (Å²) in [5, 5.41) is 3.83. The Labute approximate surface area is 112 Å². The number of nitrogens with one attached hydrogen (secondary N) is 1. The van der Waals surface area contributed by atoms with Crippen molar-refractivity contribution in [2.45, 2.75) is 13.8 Å². The lowest BCUT2D eigenvalue weighted by Crippen LogP contribution is -1.97. The van der Waals surface area contributed by atoms with E-state index in [2.05, 4.69) is 17.4 Å². The van der Waals surface area contributed by atoms with E-state index in [0.29, 0.717) is 10.6 Å². The lowest BCUT2D eigenvalue weighted by Gasteiger charge is -2.12. The first-order chi connectivity index (χ1) is 8.60. The van der Waals surface area contributed by atoms with Gasteiger partial charge in [0.2, 0.25) is 0 Å². The molecule has 2 rings (SSSR count). The average Bonchev–Trinajstić information content (AvgIpc) is 2.36. The molecule has 92 valence electrons. The first-order valence-electron chi connectivity index (χ1n) is 5.69. The first kappa shape index (κ1) is 12.7. The summed E-state index contributed by atoms with van der Waals surface area (Å²) in [6.45, 7) is 4.06. The molecular formula is C15H14ClNO. The van der Waals surface area contributed by atoms with Crippen LogP contribution in [0.2, 0.25) is 5.02 Å². The zero-order chi connectivity index (χ0) is 13.1. The molecule has 0 aliphatic carbocycles. The lowest BCUT2D eigenvalue weighted by atomic mass is 10.1. The second kappa shape index (κ2) is 5.23. The maximum absolute atomic E-state index is 11.0. The maximum Gasteiger partial charge on any atom is 0.152 e. The van der Waals surface area contributed by atoms with Gasteiger partial charge < -0.3 is 5.32 Å². The minimum absolute atomic E-state index is 0.559. The molecule has 3 heteroatoms. The standard InChI is InChI=1S/C15H14ClNO/c1-10-3-4-11(2)15(7-10)17-14-6-5-13(16)8-12(14)9-18/h3-9,17H,1-2H3. The fourth-order valence-corrected chi connectivity index (χ4v) is 1.94. The summed E-state index contributed by atoms with van der Waals surface area (Å²) in [5.74, 6) is 0. The molecule has 0 saturated heterocycles. The minimum atomic E-state index is 0.559. The Balaban J connectivity index is 2.39. The first-order valence-corrected chi connectivity index (χ1v) is 6.07. The van der Waals surface area contributed by atoms with Gasteiger partial charge in [-0.05, 0) is 49.2 Å². The third-order valence-corrected chi connectivity index (χ3v) is 3.04. The SMILES string of the molecule is Cc1ccc(C)c(Nc2ccc(Cl)cc2C=O)c1. The second-order valence-electron chi connectivity index (χ2n) is 4.29. The molecule has 0 heterocycles. The maximum atomic E-state index is 11.0. The number of carbonyl (C=O) groups is 1. The Morgan fingerprint density at radius 2 is 1.83 bits per heavy atom. The van der Waals surface area contributed by atoms with Gasteiger partial charge in [-0.15, -0.1) is 0 Å². The molecule has 0 atom stereocenters. The van der Waals surface area contributed by atoms with Gasteiger partial charge in [0.05, 0.1) is 0 Å². The van der Waals surface area contributed by atoms with Crippen molar-refractivity contribution in [1.29, 1.82) is 0 Å². The van der Waals surface area contributed by atoms with Gasteiger partial charge in [-0.25, -0.2) is 0 Å². The van der Waals surface area contributed by atoms with Crippen LogP contribution in [0.15, 0.2) is 36.4 Å². The summed E-state index contributed by atoms with van der Waals surface area (Å²) in [7, 11) is 0. The smallest absolute Gasteiger partial charge is 0.152 e. The highest BCUT2D eigenvalue weighted by molar-refractivity contribution is 6.31. The fourth-order valence-electron chi connectivity index (χ4n) is 1.76. The second-order valence-corrected chi connectivity index (χ2v) is 4.73. The number of hydrogen-bond acceptors (Lipinski definition) is 2. The summed E-state index contributed by atoms with van der Waals surface area (Å²) in [5.41, 5.74) is 4.63. The lowest BCUT2D eigenvalue weighted by molar-refractivity contribution is 0.112. The van der Waals surface area contributed by atoms with Crippen molar-refractivity contribution in [3.05, 3.63) is 58.1 Å². The molecule has 0 aliphatic rings. The van der Waals surface area contributed by atoms with Crippen LogP contribution in [0.5, 0.6) is 0 Å². The van der Waals surface area contributed by atoms with Gasteiger partial charge in [-0.2, -0.15) is 0 Å². The molecule has 0 saturated carbocycles. The summed E-state index contributed by atoms with van der Waals surface area (Å²) in [6, 6.07) is 11.4. The van der Waals surface area contributed by atoms with Crippen molar-refractivity contribution < 1.29 is 4.79 Å². The van der Waals surface area contributed by atoms with E-state index in [4.69, 9.17) is 11.6 Å². The molecule has 0 bridgehead atoms. The number of benzene rings is 2. The molecule has 2 nitrogen and oxygen atoms in total. The Bertz CT molecular complexity index is 593. The van der Waals surface area contributed by atoms with Gasteiger partial charge in [0.25, 0.3) is 0 Å². The summed E-state index contributed by atoms with van der Waals surface area (Å²) >= 11 is 5.87. The fraction of sp³-hybridized carbons (Fsp3) is 0.133. The van der Waals surface area contributed by atoms with Crippen LogP contribution in [0, 0.1) is 13.8 Å². The quantitative estimate of drug-likeness (QED) is 0.822. The van der Waals surface area contributed by atoms with Crippen LogP contribution in [0.1, 0.15) is 21.5 Å². The molecule has 0 aliphatic heterocycles. The third kappa shape index (κ3) is 2.71. The largest absolute Gasteiger partial charge is 0.355 e. The van der Waals surface area contributed by atoms with E-state index in [9.17, 15) is 4.79 Å². The van der Waals surface area contributed by atoms with Crippen molar-refractivity contribution in [1.82, 2.24) is 0 Å². The zero-order valence-electron chi connectivity index (χ0n) is 10.3. The van der Waals surface area contributed by atoms with Crippen molar-refractivity contribution in [2.24, 2.45) is 0 Å². The van der Waals surface area contributed by atoms with Crippen LogP contribution in [-0.4, -0.2) is 6.29 Å². The van der Waals surface area contributed by atoms with Gasteiger partial charge in [0.1, 0.15) is 0 Å². The molecule has 2 aromatic rings. The zero-order valence-corrected chi connectivity index (χ0v) is 11.1. The van der Waals surface area contributed by atoms with Crippen molar-refractivity contribution >= 4 is 29.3 Å². The van der Waals surface area contributed by atoms with Gasteiger partial charge in [0.15, 0.2) is 6.29 Å². The van der Waals surface area contributed by atoms with E-state index >= 15 is 0 Å². The van der Waals surface area contributed by atoms with E-state index in [-0.39, 0.29) is 0 Å². The number of anilines is 2. The van der Waals surface area contributed by atoms with Crippen LogP contribution in [0.25, 0.3) is 0 Å². The highest BCUT2D eigenvalue weighted by Gasteiger charge is 2.05. The highest BCUT2D eigenvalue weighted by Crippen LogP contribution is 2.25. The van der Waals surface area contributed by atoms with Crippen LogP contribution in [0.4, 0.5) is 11.4 Å². The minimum Gasteiger partial charge on any atom is -0.355 e. The van der Waals surface area contributed by atoms with Gasteiger partial charge >= 0.3 is 0 Å². The Kier molecular flexibility index (Phi) is 3.68. The number of rotatable bonds is 3. The molecule has 0 spiro atoms.